The minimum Gasteiger partial charge on any atom is -0.361 e. The predicted octanol–water partition coefficient (Wildman–Crippen LogP) is 2.13. The number of benzene rings is 1. The lowest BCUT2D eigenvalue weighted by molar-refractivity contribution is -0.115. The number of piperazine rings is 1. The van der Waals surface area contributed by atoms with E-state index >= 15 is 0 Å². The Hall–Kier alpha value is -2.87. The van der Waals surface area contributed by atoms with Crippen LogP contribution in [0, 0.1) is 10.8 Å². The zero-order chi connectivity index (χ0) is 21.7. The summed E-state index contributed by atoms with van der Waals surface area (Å²) in [6.45, 7) is 6.46. The third kappa shape index (κ3) is 5.18. The largest absolute Gasteiger partial charge is 0.361 e. The van der Waals surface area contributed by atoms with Crippen molar-refractivity contribution in [3.63, 3.8) is 0 Å². The smallest absolute Gasteiger partial charge is 0.286 e. The van der Waals surface area contributed by atoms with Crippen molar-refractivity contribution in [2.45, 2.75) is 45.2 Å². The monoisotopic (exact) mass is 411 g/mol. The Labute approximate surface area is 178 Å². The Bertz CT molecular complexity index is 906. The molecule has 1 aromatic carbocycles. The Balaban J connectivity index is 1.57. The van der Waals surface area contributed by atoms with Crippen molar-refractivity contribution in [2.75, 3.05) is 26.7 Å². The number of amides is 1. The van der Waals surface area contributed by atoms with E-state index in [0.29, 0.717) is 25.6 Å². The van der Waals surface area contributed by atoms with Crippen molar-refractivity contribution in [3.8, 4) is 0 Å². The average molecular weight is 412 g/mol. The molecule has 5 N–H and O–H groups in total. The molecule has 2 aromatic rings. The fourth-order valence-electron chi connectivity index (χ4n) is 3.90. The van der Waals surface area contributed by atoms with Crippen LogP contribution >= 0.6 is 0 Å². The molecule has 8 heteroatoms. The molecule has 2 atom stereocenters. The maximum atomic E-state index is 12.6. The molecule has 0 saturated carbocycles. The Kier molecular flexibility index (Phi) is 7.10. The van der Waals surface area contributed by atoms with E-state index in [1.807, 2.05) is 29.3 Å². The standard InChI is InChI=1S/C22H33N7O/c1-4-7-17(12-16-13-25-19-9-6-5-8-18(16)19)26-21(30)20(23)27-22(24)29-11-10-28(3)15(2)14-29/h5-6,8-9,13,15,17,25H,4,7,10-12,14H2,1-3H3,(H,26,30)(H3,23,24,27). The molecule has 162 valence electrons. The van der Waals surface area contributed by atoms with Gasteiger partial charge in [-0.2, -0.15) is 0 Å². The summed E-state index contributed by atoms with van der Waals surface area (Å²) in [5, 5.41) is 23.2. The van der Waals surface area contributed by atoms with E-state index in [2.05, 4.69) is 47.5 Å². The number of carbonyl (C=O) groups is 1. The number of fused-ring (bicyclic) bond motifs is 1. The van der Waals surface area contributed by atoms with Crippen molar-refractivity contribution in [1.29, 1.82) is 10.8 Å². The number of hydrogen-bond donors (Lipinski definition) is 5. The third-order valence-corrected chi connectivity index (χ3v) is 5.86. The predicted molar refractivity (Wildman–Crippen MR) is 121 cm³/mol. The van der Waals surface area contributed by atoms with E-state index in [-0.39, 0.29) is 17.8 Å². The van der Waals surface area contributed by atoms with Crippen LogP contribution in [-0.4, -0.2) is 71.3 Å². The van der Waals surface area contributed by atoms with Crippen LogP contribution in [0.4, 0.5) is 0 Å². The molecular weight excluding hydrogens is 378 g/mol. The number of nitrogens with zero attached hydrogens (tertiary/aromatic N) is 2. The number of hydrogen-bond acceptors (Lipinski definition) is 4. The van der Waals surface area contributed by atoms with Crippen LogP contribution in [0.2, 0.25) is 0 Å². The van der Waals surface area contributed by atoms with E-state index in [0.717, 1.165) is 35.9 Å². The first kappa shape index (κ1) is 21.8. The summed E-state index contributed by atoms with van der Waals surface area (Å²) < 4.78 is 0. The molecule has 1 aliphatic rings. The molecule has 0 aliphatic carbocycles. The number of amidine groups is 1. The molecule has 1 fully saturated rings. The van der Waals surface area contributed by atoms with Gasteiger partial charge in [0.15, 0.2) is 11.8 Å². The molecule has 30 heavy (non-hydrogen) atoms. The van der Waals surface area contributed by atoms with Crippen LogP contribution in [0.3, 0.4) is 0 Å². The van der Waals surface area contributed by atoms with Gasteiger partial charge in [0, 0.05) is 48.8 Å². The highest BCUT2D eigenvalue weighted by Gasteiger charge is 2.24. The van der Waals surface area contributed by atoms with Gasteiger partial charge in [0.05, 0.1) is 0 Å². The minimum atomic E-state index is -0.472. The molecule has 2 heterocycles. The van der Waals surface area contributed by atoms with Gasteiger partial charge in [0.1, 0.15) is 0 Å². The van der Waals surface area contributed by atoms with Crippen LogP contribution in [0.25, 0.3) is 10.9 Å². The van der Waals surface area contributed by atoms with Gasteiger partial charge < -0.3 is 25.4 Å². The number of aromatic nitrogens is 1. The summed E-state index contributed by atoms with van der Waals surface area (Å²) in [4.78, 5) is 20.0. The van der Waals surface area contributed by atoms with E-state index in [1.54, 1.807) is 0 Å². The molecule has 1 aliphatic heterocycles. The summed E-state index contributed by atoms with van der Waals surface area (Å²) in [6, 6.07) is 8.38. The minimum absolute atomic E-state index is 0.0679. The number of H-pyrrole nitrogens is 1. The summed E-state index contributed by atoms with van der Waals surface area (Å²) in [5.41, 5.74) is 2.24. The van der Waals surface area contributed by atoms with E-state index < -0.39 is 5.91 Å². The fourth-order valence-corrected chi connectivity index (χ4v) is 3.90. The highest BCUT2D eigenvalue weighted by atomic mass is 16.2. The van der Waals surface area contributed by atoms with Crippen molar-refractivity contribution in [1.82, 2.24) is 25.4 Å². The normalized spacial score (nSPS) is 18.2. The molecule has 0 radical (unpaired) electrons. The van der Waals surface area contributed by atoms with Gasteiger partial charge in [-0.05, 0) is 38.4 Å². The summed E-state index contributed by atoms with van der Waals surface area (Å²) >= 11 is 0. The molecule has 8 nitrogen and oxygen atoms in total. The van der Waals surface area contributed by atoms with E-state index in [9.17, 15) is 4.79 Å². The number of carbonyl (C=O) groups excluding carboxylic acids is 1. The first-order valence-electron chi connectivity index (χ1n) is 10.6. The molecule has 1 aromatic heterocycles. The summed E-state index contributed by atoms with van der Waals surface area (Å²) in [6.07, 6.45) is 4.45. The van der Waals surface area contributed by atoms with Gasteiger partial charge in [-0.15, -0.1) is 0 Å². The second kappa shape index (κ2) is 9.75. The second-order valence-corrected chi connectivity index (χ2v) is 8.15. The SMILES string of the molecule is CCCC(Cc1c[nH]c2ccccc12)NC(=O)C(=N)NC(=N)N1CCN(C)C(C)C1. The summed E-state index contributed by atoms with van der Waals surface area (Å²) in [5.74, 6) is -0.648. The van der Waals surface area contributed by atoms with Crippen LogP contribution in [0.15, 0.2) is 30.5 Å². The van der Waals surface area contributed by atoms with Gasteiger partial charge >= 0.3 is 0 Å². The topological polar surface area (TPSA) is 111 Å². The van der Waals surface area contributed by atoms with Gasteiger partial charge in [0.25, 0.3) is 5.91 Å². The van der Waals surface area contributed by atoms with Gasteiger partial charge in [-0.3, -0.25) is 15.6 Å². The van der Waals surface area contributed by atoms with Crippen molar-refractivity contribution < 1.29 is 4.79 Å². The van der Waals surface area contributed by atoms with Crippen LogP contribution in [-0.2, 0) is 11.2 Å². The second-order valence-electron chi connectivity index (χ2n) is 8.15. The maximum Gasteiger partial charge on any atom is 0.286 e. The Morgan fingerprint density at radius 3 is 2.80 bits per heavy atom. The van der Waals surface area contributed by atoms with E-state index in [1.165, 1.54) is 0 Å². The highest BCUT2D eigenvalue weighted by Crippen LogP contribution is 2.20. The third-order valence-electron chi connectivity index (χ3n) is 5.86. The van der Waals surface area contributed by atoms with Crippen LogP contribution < -0.4 is 10.6 Å². The molecule has 1 saturated heterocycles. The van der Waals surface area contributed by atoms with Gasteiger partial charge in [-0.25, -0.2) is 0 Å². The van der Waals surface area contributed by atoms with E-state index in [4.69, 9.17) is 10.8 Å². The first-order valence-corrected chi connectivity index (χ1v) is 10.6. The highest BCUT2D eigenvalue weighted by molar-refractivity contribution is 6.39. The number of para-hydroxylation sites is 1. The molecule has 0 spiro atoms. The zero-order valence-corrected chi connectivity index (χ0v) is 18.1. The number of aromatic amines is 1. The average Bonchev–Trinajstić information content (AvgIpc) is 3.13. The number of likely N-dealkylation sites (N-methyl/N-ethyl adjacent to an activating group) is 1. The number of nitrogens with one attached hydrogen (secondary N) is 5. The number of guanidine groups is 1. The number of rotatable bonds is 5. The van der Waals surface area contributed by atoms with Crippen molar-refractivity contribution in [2.24, 2.45) is 0 Å². The maximum absolute atomic E-state index is 12.6. The lowest BCUT2D eigenvalue weighted by Crippen LogP contribution is -2.57. The van der Waals surface area contributed by atoms with Crippen molar-refractivity contribution in [3.05, 3.63) is 36.0 Å². The molecule has 0 bridgehead atoms. The van der Waals surface area contributed by atoms with Crippen LogP contribution in [0.5, 0.6) is 0 Å². The zero-order valence-electron chi connectivity index (χ0n) is 18.1. The molecule has 1 amide bonds. The Morgan fingerprint density at radius 2 is 2.07 bits per heavy atom. The van der Waals surface area contributed by atoms with Crippen molar-refractivity contribution >= 4 is 28.6 Å². The first-order chi connectivity index (χ1) is 14.4. The van der Waals surface area contributed by atoms with Crippen LogP contribution in [0.1, 0.15) is 32.3 Å². The fraction of sp³-hybridized carbons (Fsp3) is 0.500. The Morgan fingerprint density at radius 1 is 1.30 bits per heavy atom. The quantitative estimate of drug-likeness (QED) is 0.383. The lowest BCUT2D eigenvalue weighted by Gasteiger charge is -2.38. The molecular formula is C22H33N7O. The van der Waals surface area contributed by atoms with Gasteiger partial charge in [-0.1, -0.05) is 31.5 Å². The molecule has 2 unspecified atom stereocenters. The van der Waals surface area contributed by atoms with Gasteiger partial charge in [0.2, 0.25) is 0 Å². The lowest BCUT2D eigenvalue weighted by atomic mass is 10.0. The summed E-state index contributed by atoms with van der Waals surface area (Å²) in [7, 11) is 2.07. The molecule has 3 rings (SSSR count).